The lowest BCUT2D eigenvalue weighted by Crippen LogP contribution is -2.49. The number of nitrogens with zero attached hydrogens (tertiary/aromatic N) is 4. The molecule has 0 unspecified atom stereocenters. The van der Waals surface area contributed by atoms with Crippen LogP contribution in [0.4, 0.5) is 0 Å². The van der Waals surface area contributed by atoms with Crippen LogP contribution in [0.5, 0.6) is 0 Å². The minimum atomic E-state index is 0.0695. The molecule has 4 rings (SSSR count). The number of carbonyl (C=O) groups excluding carboxylic acids is 1. The molecule has 27 heavy (non-hydrogen) atoms. The molecule has 0 N–H and O–H groups in total. The van der Waals surface area contributed by atoms with Gasteiger partial charge in [0.2, 0.25) is 5.91 Å². The Balaban J connectivity index is 1.58. The van der Waals surface area contributed by atoms with E-state index in [1.807, 2.05) is 36.9 Å². The van der Waals surface area contributed by atoms with Crippen LogP contribution in [-0.4, -0.2) is 51.3 Å². The highest BCUT2D eigenvalue weighted by molar-refractivity contribution is 5.78. The van der Waals surface area contributed by atoms with Gasteiger partial charge in [0, 0.05) is 50.4 Å². The second-order valence-corrected chi connectivity index (χ2v) is 7.46. The summed E-state index contributed by atoms with van der Waals surface area (Å²) in [5, 5.41) is 0. The Kier molecular flexibility index (Phi) is 4.94. The second kappa shape index (κ2) is 7.53. The van der Waals surface area contributed by atoms with E-state index in [9.17, 15) is 4.79 Å². The molecule has 3 aromatic rings. The van der Waals surface area contributed by atoms with Gasteiger partial charge >= 0.3 is 0 Å². The number of amides is 1. The van der Waals surface area contributed by atoms with E-state index in [2.05, 4.69) is 45.8 Å². The van der Waals surface area contributed by atoms with Gasteiger partial charge in [0.25, 0.3) is 0 Å². The minimum Gasteiger partial charge on any atom is -0.340 e. The zero-order chi connectivity index (χ0) is 18.8. The molecule has 0 aliphatic carbocycles. The second-order valence-electron chi connectivity index (χ2n) is 7.46. The molecule has 1 fully saturated rings. The van der Waals surface area contributed by atoms with Crippen LogP contribution in [-0.2, 0) is 11.3 Å². The third-order valence-electron chi connectivity index (χ3n) is 5.23. The zero-order valence-corrected chi connectivity index (χ0v) is 16.0. The van der Waals surface area contributed by atoms with Gasteiger partial charge in [0.1, 0.15) is 5.65 Å². The lowest BCUT2D eigenvalue weighted by atomic mass is 10.1. The number of pyridine rings is 1. The lowest BCUT2D eigenvalue weighted by molar-refractivity contribution is -0.136. The van der Waals surface area contributed by atoms with Gasteiger partial charge < -0.3 is 9.30 Å². The van der Waals surface area contributed by atoms with Crippen molar-refractivity contribution in [2.75, 3.05) is 26.2 Å². The van der Waals surface area contributed by atoms with E-state index < -0.39 is 0 Å². The fourth-order valence-electron chi connectivity index (χ4n) is 3.73. The van der Waals surface area contributed by atoms with Gasteiger partial charge in [-0.1, -0.05) is 50.2 Å². The van der Waals surface area contributed by atoms with E-state index in [1.54, 1.807) is 0 Å². The number of piperazine rings is 1. The van der Waals surface area contributed by atoms with Crippen molar-refractivity contribution < 1.29 is 4.79 Å². The molecule has 140 valence electrons. The fraction of sp³-hybridized carbons (Fsp3) is 0.364. The fourth-order valence-corrected chi connectivity index (χ4v) is 3.73. The number of hydrogen-bond acceptors (Lipinski definition) is 3. The first-order chi connectivity index (χ1) is 13.1. The van der Waals surface area contributed by atoms with Crippen LogP contribution in [0.3, 0.4) is 0 Å². The van der Waals surface area contributed by atoms with Crippen LogP contribution in [0.1, 0.15) is 19.5 Å². The summed E-state index contributed by atoms with van der Waals surface area (Å²) in [6.45, 7) is 8.17. The molecule has 0 saturated carbocycles. The summed E-state index contributed by atoms with van der Waals surface area (Å²) in [5.74, 6) is 0.328. The number of imidazole rings is 1. The van der Waals surface area contributed by atoms with Gasteiger partial charge in [0.15, 0.2) is 0 Å². The molecule has 5 heteroatoms. The first-order valence-corrected chi connectivity index (χ1v) is 9.66. The molecular weight excluding hydrogens is 336 g/mol. The van der Waals surface area contributed by atoms with Crippen molar-refractivity contribution in [3.63, 3.8) is 0 Å². The standard InChI is InChI=1S/C22H26N4O/c1-17(2)22(27)25-14-12-24(13-15-25)16-19-21(18-8-4-3-5-9-18)23-20-10-6-7-11-26(19)20/h3-11,17H,12-16H2,1-2H3. The van der Waals surface area contributed by atoms with Crippen molar-refractivity contribution >= 4 is 11.6 Å². The quantitative estimate of drug-likeness (QED) is 0.715. The van der Waals surface area contributed by atoms with E-state index in [-0.39, 0.29) is 11.8 Å². The maximum atomic E-state index is 12.2. The molecule has 1 aliphatic rings. The van der Waals surface area contributed by atoms with Gasteiger partial charge in [-0.25, -0.2) is 4.98 Å². The first-order valence-electron chi connectivity index (χ1n) is 9.66. The molecule has 5 nitrogen and oxygen atoms in total. The number of hydrogen-bond donors (Lipinski definition) is 0. The molecule has 0 spiro atoms. The van der Waals surface area contributed by atoms with Crippen LogP contribution in [0.25, 0.3) is 16.9 Å². The van der Waals surface area contributed by atoms with E-state index in [0.29, 0.717) is 0 Å². The van der Waals surface area contributed by atoms with E-state index >= 15 is 0 Å². The van der Waals surface area contributed by atoms with Gasteiger partial charge in [-0.15, -0.1) is 0 Å². The van der Waals surface area contributed by atoms with Crippen molar-refractivity contribution in [3.05, 3.63) is 60.4 Å². The van der Waals surface area contributed by atoms with Gasteiger partial charge in [-0.3, -0.25) is 9.69 Å². The van der Waals surface area contributed by atoms with Gasteiger partial charge in [-0.05, 0) is 12.1 Å². The molecule has 1 aromatic carbocycles. The number of rotatable bonds is 4. The largest absolute Gasteiger partial charge is 0.340 e. The van der Waals surface area contributed by atoms with Crippen molar-refractivity contribution in [1.82, 2.24) is 19.2 Å². The van der Waals surface area contributed by atoms with Crippen molar-refractivity contribution in [3.8, 4) is 11.3 Å². The van der Waals surface area contributed by atoms with E-state index in [1.165, 1.54) is 5.69 Å². The average Bonchev–Trinajstić information content (AvgIpc) is 3.07. The molecular formula is C22H26N4O. The highest BCUT2D eigenvalue weighted by atomic mass is 16.2. The summed E-state index contributed by atoms with van der Waals surface area (Å²) < 4.78 is 2.19. The predicted molar refractivity (Wildman–Crippen MR) is 107 cm³/mol. The summed E-state index contributed by atoms with van der Waals surface area (Å²) in [7, 11) is 0. The number of fused-ring (bicyclic) bond motifs is 1. The summed E-state index contributed by atoms with van der Waals surface area (Å²) in [6, 6.07) is 16.5. The van der Waals surface area contributed by atoms with Gasteiger partial charge in [-0.2, -0.15) is 0 Å². The molecule has 1 saturated heterocycles. The van der Waals surface area contributed by atoms with Crippen molar-refractivity contribution in [1.29, 1.82) is 0 Å². The zero-order valence-electron chi connectivity index (χ0n) is 16.0. The molecule has 0 atom stereocenters. The Morgan fingerprint density at radius 2 is 1.70 bits per heavy atom. The normalized spacial score (nSPS) is 15.6. The van der Waals surface area contributed by atoms with Crippen LogP contribution in [0.15, 0.2) is 54.7 Å². The summed E-state index contributed by atoms with van der Waals surface area (Å²) in [6.07, 6.45) is 2.09. The predicted octanol–water partition coefficient (Wildman–Crippen LogP) is 3.30. The van der Waals surface area contributed by atoms with Crippen molar-refractivity contribution in [2.45, 2.75) is 20.4 Å². The third kappa shape index (κ3) is 3.60. The Labute approximate surface area is 160 Å². The first kappa shape index (κ1) is 17.7. The number of carbonyl (C=O) groups is 1. The summed E-state index contributed by atoms with van der Waals surface area (Å²) >= 11 is 0. The SMILES string of the molecule is CC(C)C(=O)N1CCN(Cc2c(-c3ccccc3)nc3ccccn23)CC1. The Bertz CT molecular complexity index is 924. The lowest BCUT2D eigenvalue weighted by Gasteiger charge is -2.35. The van der Waals surface area contributed by atoms with Crippen LogP contribution in [0.2, 0.25) is 0 Å². The topological polar surface area (TPSA) is 40.9 Å². The van der Waals surface area contributed by atoms with Crippen molar-refractivity contribution in [2.24, 2.45) is 5.92 Å². The maximum Gasteiger partial charge on any atom is 0.225 e. The Morgan fingerprint density at radius 1 is 1.00 bits per heavy atom. The molecule has 2 aromatic heterocycles. The summed E-state index contributed by atoms with van der Waals surface area (Å²) in [4.78, 5) is 21.5. The highest BCUT2D eigenvalue weighted by Gasteiger charge is 2.24. The van der Waals surface area contributed by atoms with E-state index in [4.69, 9.17) is 4.98 Å². The number of aromatic nitrogens is 2. The van der Waals surface area contributed by atoms with Crippen LogP contribution >= 0.6 is 0 Å². The molecule has 1 amide bonds. The maximum absolute atomic E-state index is 12.2. The summed E-state index contributed by atoms with van der Waals surface area (Å²) in [5.41, 5.74) is 4.37. The molecule has 0 bridgehead atoms. The van der Waals surface area contributed by atoms with Crippen LogP contribution in [0, 0.1) is 5.92 Å². The molecule has 1 aliphatic heterocycles. The smallest absolute Gasteiger partial charge is 0.225 e. The Hall–Kier alpha value is -2.66. The monoisotopic (exact) mass is 362 g/mol. The average molecular weight is 362 g/mol. The minimum absolute atomic E-state index is 0.0695. The number of benzene rings is 1. The Morgan fingerprint density at radius 3 is 2.41 bits per heavy atom. The van der Waals surface area contributed by atoms with Crippen LogP contribution < -0.4 is 0 Å². The highest BCUT2D eigenvalue weighted by Crippen LogP contribution is 2.26. The third-order valence-corrected chi connectivity index (χ3v) is 5.23. The molecule has 3 heterocycles. The molecule has 0 radical (unpaired) electrons. The van der Waals surface area contributed by atoms with E-state index in [0.717, 1.165) is 49.6 Å². The van der Waals surface area contributed by atoms with Gasteiger partial charge in [0.05, 0.1) is 11.4 Å².